The Hall–Kier alpha value is -1.10. The molecule has 0 radical (unpaired) electrons. The molecule has 4 atom stereocenters. The normalized spacial score (nSPS) is 35.7. The van der Waals surface area contributed by atoms with Crippen molar-refractivity contribution in [1.82, 2.24) is 4.90 Å². The second-order valence-corrected chi connectivity index (χ2v) is 5.59. The van der Waals surface area contributed by atoms with Crippen molar-refractivity contribution in [3.05, 3.63) is 0 Å². The Morgan fingerprint density at radius 3 is 2.50 bits per heavy atom. The Morgan fingerprint density at radius 2 is 1.94 bits per heavy atom. The highest BCUT2D eigenvalue weighted by atomic mass is 16.5. The summed E-state index contributed by atoms with van der Waals surface area (Å²) >= 11 is 0. The van der Waals surface area contributed by atoms with Crippen molar-refractivity contribution in [2.45, 2.75) is 32.2 Å². The maximum absolute atomic E-state index is 12.4. The molecule has 2 aliphatic rings. The van der Waals surface area contributed by atoms with Gasteiger partial charge in [-0.15, -0.1) is 0 Å². The number of ether oxygens (including phenoxy) is 1. The molecule has 1 N–H and O–H groups in total. The average Bonchev–Trinajstić information content (AvgIpc) is 2.95. The molecule has 102 valence electrons. The summed E-state index contributed by atoms with van der Waals surface area (Å²) in [6, 6.07) is 0.114. The van der Waals surface area contributed by atoms with Gasteiger partial charge in [0.15, 0.2) is 0 Å². The van der Waals surface area contributed by atoms with Crippen LogP contribution in [-0.4, -0.2) is 48.2 Å². The topological polar surface area (TPSA) is 66.8 Å². The van der Waals surface area contributed by atoms with Crippen LogP contribution in [0, 0.1) is 17.8 Å². The van der Waals surface area contributed by atoms with Gasteiger partial charge in [0.05, 0.1) is 24.5 Å². The number of carboxylic acids is 1. The third-order valence-electron chi connectivity index (χ3n) is 4.23. The molecule has 4 unspecified atom stereocenters. The fourth-order valence-corrected chi connectivity index (χ4v) is 3.11. The van der Waals surface area contributed by atoms with Crippen molar-refractivity contribution in [2.24, 2.45) is 17.8 Å². The van der Waals surface area contributed by atoms with E-state index in [1.54, 1.807) is 11.9 Å². The van der Waals surface area contributed by atoms with Crippen LogP contribution < -0.4 is 0 Å². The van der Waals surface area contributed by atoms with Crippen LogP contribution in [0.15, 0.2) is 0 Å². The van der Waals surface area contributed by atoms with E-state index in [0.29, 0.717) is 32.0 Å². The second-order valence-electron chi connectivity index (χ2n) is 5.59. The van der Waals surface area contributed by atoms with Crippen molar-refractivity contribution >= 4 is 11.9 Å². The number of aliphatic carboxylic acids is 1. The number of carbonyl (C=O) groups excluding carboxylic acids is 1. The van der Waals surface area contributed by atoms with Gasteiger partial charge in [0, 0.05) is 13.7 Å². The highest BCUT2D eigenvalue weighted by Crippen LogP contribution is 2.37. The zero-order chi connectivity index (χ0) is 13.3. The lowest BCUT2D eigenvalue weighted by molar-refractivity contribution is -0.149. The van der Waals surface area contributed by atoms with Gasteiger partial charge in [0.2, 0.25) is 5.91 Å². The molecule has 1 amide bonds. The van der Waals surface area contributed by atoms with E-state index in [0.717, 1.165) is 6.42 Å². The molecule has 1 saturated carbocycles. The molecular formula is C13H21NO4. The summed E-state index contributed by atoms with van der Waals surface area (Å²) in [5.41, 5.74) is 0. The van der Waals surface area contributed by atoms with Crippen molar-refractivity contribution in [3.63, 3.8) is 0 Å². The van der Waals surface area contributed by atoms with E-state index < -0.39 is 11.9 Å². The number of hydrogen-bond acceptors (Lipinski definition) is 3. The first kappa shape index (κ1) is 13.3. The first-order valence-corrected chi connectivity index (χ1v) is 6.58. The summed E-state index contributed by atoms with van der Waals surface area (Å²) in [6.07, 6.45) is 2.15. The molecule has 18 heavy (non-hydrogen) atoms. The molecule has 5 nitrogen and oxygen atoms in total. The fourth-order valence-electron chi connectivity index (χ4n) is 3.11. The van der Waals surface area contributed by atoms with Crippen LogP contribution in [-0.2, 0) is 14.3 Å². The molecule has 1 aliphatic heterocycles. The van der Waals surface area contributed by atoms with Crippen molar-refractivity contribution < 1.29 is 19.4 Å². The third kappa shape index (κ3) is 2.51. The van der Waals surface area contributed by atoms with E-state index in [2.05, 4.69) is 0 Å². The van der Waals surface area contributed by atoms with Gasteiger partial charge in [-0.25, -0.2) is 0 Å². The first-order chi connectivity index (χ1) is 8.50. The summed E-state index contributed by atoms with van der Waals surface area (Å²) in [7, 11) is 1.77. The number of nitrogens with zero attached hydrogens (tertiary/aromatic N) is 1. The standard InChI is InChI=1S/C13H21NO4/c1-8-5-10(11(6-8)13(16)17)12(15)14(2)9-3-4-18-7-9/h8-11H,3-7H2,1-2H3,(H,16,17). The predicted octanol–water partition coefficient (Wildman–Crippen LogP) is 0.981. The number of likely N-dealkylation sites (N-methyl/N-ethyl adjacent to an activating group) is 1. The largest absolute Gasteiger partial charge is 0.481 e. The minimum Gasteiger partial charge on any atom is -0.481 e. The molecule has 2 rings (SSSR count). The molecular weight excluding hydrogens is 234 g/mol. The molecule has 0 aromatic carbocycles. The lowest BCUT2D eigenvalue weighted by Crippen LogP contribution is -2.43. The maximum Gasteiger partial charge on any atom is 0.307 e. The van der Waals surface area contributed by atoms with Crippen LogP contribution in [0.25, 0.3) is 0 Å². The summed E-state index contributed by atoms with van der Waals surface area (Å²) in [6.45, 7) is 3.27. The number of carboxylic acid groups (broad SMARTS) is 1. The Labute approximate surface area is 107 Å². The van der Waals surface area contributed by atoms with Crippen LogP contribution in [0.5, 0.6) is 0 Å². The molecule has 0 spiro atoms. The van der Waals surface area contributed by atoms with Gasteiger partial charge in [-0.2, -0.15) is 0 Å². The number of amides is 1. The number of hydrogen-bond donors (Lipinski definition) is 1. The Morgan fingerprint density at radius 1 is 1.28 bits per heavy atom. The smallest absolute Gasteiger partial charge is 0.307 e. The minimum atomic E-state index is -0.839. The van der Waals surface area contributed by atoms with E-state index in [9.17, 15) is 14.7 Å². The predicted molar refractivity (Wildman–Crippen MR) is 65.0 cm³/mol. The Bertz CT molecular complexity index is 338. The number of carbonyl (C=O) groups is 2. The van der Waals surface area contributed by atoms with Crippen LogP contribution in [0.1, 0.15) is 26.2 Å². The van der Waals surface area contributed by atoms with Crippen molar-refractivity contribution in [3.8, 4) is 0 Å². The van der Waals surface area contributed by atoms with Crippen molar-refractivity contribution in [2.75, 3.05) is 20.3 Å². The fraction of sp³-hybridized carbons (Fsp3) is 0.846. The van der Waals surface area contributed by atoms with Gasteiger partial charge in [0.25, 0.3) is 0 Å². The van der Waals surface area contributed by atoms with Gasteiger partial charge in [0.1, 0.15) is 0 Å². The molecule has 5 heteroatoms. The van der Waals surface area contributed by atoms with Gasteiger partial charge in [-0.1, -0.05) is 6.92 Å². The van der Waals surface area contributed by atoms with E-state index in [1.165, 1.54) is 0 Å². The molecule has 0 bridgehead atoms. The quantitative estimate of drug-likeness (QED) is 0.816. The van der Waals surface area contributed by atoms with Gasteiger partial charge in [-0.3, -0.25) is 9.59 Å². The number of rotatable bonds is 3. The first-order valence-electron chi connectivity index (χ1n) is 6.58. The zero-order valence-electron chi connectivity index (χ0n) is 11.0. The third-order valence-corrected chi connectivity index (χ3v) is 4.23. The Kier molecular flexibility index (Phi) is 3.90. The van der Waals surface area contributed by atoms with E-state index in [4.69, 9.17) is 4.74 Å². The molecule has 1 heterocycles. The van der Waals surface area contributed by atoms with Gasteiger partial charge < -0.3 is 14.7 Å². The maximum atomic E-state index is 12.4. The minimum absolute atomic E-state index is 0.0257. The highest BCUT2D eigenvalue weighted by molar-refractivity contribution is 5.85. The lowest BCUT2D eigenvalue weighted by atomic mass is 9.94. The molecule has 1 saturated heterocycles. The van der Waals surface area contributed by atoms with Crippen LogP contribution in [0.4, 0.5) is 0 Å². The zero-order valence-corrected chi connectivity index (χ0v) is 11.0. The molecule has 1 aliphatic carbocycles. The lowest BCUT2D eigenvalue weighted by Gasteiger charge is -2.27. The van der Waals surface area contributed by atoms with E-state index in [-0.39, 0.29) is 17.9 Å². The summed E-state index contributed by atoms with van der Waals surface area (Å²) in [5, 5.41) is 9.20. The highest BCUT2D eigenvalue weighted by Gasteiger charge is 2.43. The average molecular weight is 255 g/mol. The summed E-state index contributed by atoms with van der Waals surface area (Å²) < 4.78 is 5.28. The molecule has 2 fully saturated rings. The SMILES string of the molecule is CC1CC(C(=O)O)C(C(=O)N(C)C2CCOC2)C1. The summed E-state index contributed by atoms with van der Waals surface area (Å²) in [4.78, 5) is 25.3. The second kappa shape index (κ2) is 5.26. The molecule has 0 aromatic heterocycles. The van der Waals surface area contributed by atoms with E-state index >= 15 is 0 Å². The van der Waals surface area contributed by atoms with Crippen LogP contribution in [0.2, 0.25) is 0 Å². The Balaban J connectivity index is 2.04. The van der Waals surface area contributed by atoms with E-state index in [1.807, 2.05) is 6.92 Å². The van der Waals surface area contributed by atoms with Crippen LogP contribution >= 0.6 is 0 Å². The van der Waals surface area contributed by atoms with Gasteiger partial charge >= 0.3 is 5.97 Å². The van der Waals surface area contributed by atoms with Gasteiger partial charge in [-0.05, 0) is 25.2 Å². The van der Waals surface area contributed by atoms with Crippen LogP contribution in [0.3, 0.4) is 0 Å². The molecule has 0 aromatic rings. The monoisotopic (exact) mass is 255 g/mol. The van der Waals surface area contributed by atoms with Crippen molar-refractivity contribution in [1.29, 1.82) is 0 Å². The summed E-state index contributed by atoms with van der Waals surface area (Å²) in [5.74, 6) is -1.43.